The largest absolute Gasteiger partial charge is 0.447 e. The van der Waals surface area contributed by atoms with Crippen molar-refractivity contribution in [2.75, 3.05) is 26.2 Å². The molecule has 1 saturated carbocycles. The normalized spacial score (nSPS) is 25.0. The topological polar surface area (TPSA) is 105 Å². The van der Waals surface area contributed by atoms with Crippen LogP contribution in [0.1, 0.15) is 87.9 Å². The molecule has 8 nitrogen and oxygen atoms in total. The van der Waals surface area contributed by atoms with Gasteiger partial charge in [-0.15, -0.1) is 0 Å². The third kappa shape index (κ3) is 6.79. The smallest absolute Gasteiger partial charge is 0.410 e. The number of carbonyl (C=O) groups is 3. The summed E-state index contributed by atoms with van der Waals surface area (Å²) in [5, 5.41) is 3.78. The van der Waals surface area contributed by atoms with E-state index in [1.165, 1.54) is 24.8 Å². The van der Waals surface area contributed by atoms with Crippen LogP contribution in [0.5, 0.6) is 0 Å². The van der Waals surface area contributed by atoms with Crippen molar-refractivity contribution in [1.82, 2.24) is 15.1 Å². The van der Waals surface area contributed by atoms with Gasteiger partial charge >= 0.3 is 6.09 Å². The number of amides is 3. The van der Waals surface area contributed by atoms with E-state index in [2.05, 4.69) is 25.2 Å². The predicted octanol–water partition coefficient (Wildman–Crippen LogP) is 6.05. The number of nitrogens with two attached hydrogens (primary N) is 1. The highest BCUT2D eigenvalue weighted by atomic mass is 35.5. The van der Waals surface area contributed by atoms with Gasteiger partial charge in [0.25, 0.3) is 0 Å². The van der Waals surface area contributed by atoms with Gasteiger partial charge in [-0.2, -0.15) is 0 Å². The first-order chi connectivity index (χ1) is 22.1. The molecule has 3 amide bonds. The monoisotopic (exact) mass is 648 g/mol. The number of cyclic esters (lactones) is 1. The second-order valence-electron chi connectivity index (χ2n) is 14.7. The third-order valence-corrected chi connectivity index (χ3v) is 11.6. The van der Waals surface area contributed by atoms with Crippen LogP contribution in [0.25, 0.3) is 0 Å². The molecule has 3 atom stereocenters. The van der Waals surface area contributed by atoms with Crippen molar-refractivity contribution >= 4 is 29.5 Å². The van der Waals surface area contributed by atoms with Crippen LogP contribution in [0.4, 0.5) is 4.79 Å². The predicted molar refractivity (Wildman–Crippen MR) is 179 cm³/mol. The first kappa shape index (κ1) is 32.8. The van der Waals surface area contributed by atoms with Gasteiger partial charge in [0.2, 0.25) is 11.8 Å². The molecule has 2 saturated heterocycles. The molecule has 2 aliphatic carbocycles. The second-order valence-corrected chi connectivity index (χ2v) is 15.2. The summed E-state index contributed by atoms with van der Waals surface area (Å²) in [6.45, 7) is 6.42. The number of likely N-dealkylation sites (tertiary alicyclic amines) is 1. The Labute approximate surface area is 278 Å². The molecule has 46 heavy (non-hydrogen) atoms. The third-order valence-electron chi connectivity index (χ3n) is 11.4. The molecule has 2 aromatic rings. The van der Waals surface area contributed by atoms with E-state index in [-0.39, 0.29) is 28.9 Å². The van der Waals surface area contributed by atoms with Gasteiger partial charge in [-0.05, 0) is 92.5 Å². The van der Waals surface area contributed by atoms with Gasteiger partial charge in [0.05, 0.1) is 11.5 Å². The number of hydrogen-bond acceptors (Lipinski definition) is 5. The van der Waals surface area contributed by atoms with Crippen LogP contribution in [-0.2, 0) is 27.2 Å². The summed E-state index contributed by atoms with van der Waals surface area (Å²) in [5.74, 6) is -0.119. The maximum absolute atomic E-state index is 14.3. The zero-order valence-corrected chi connectivity index (χ0v) is 28.1. The van der Waals surface area contributed by atoms with E-state index in [0.29, 0.717) is 50.0 Å². The number of aryl methyl sites for hydroxylation is 1. The summed E-state index contributed by atoms with van der Waals surface area (Å²) in [4.78, 5) is 44.9. The highest BCUT2D eigenvalue weighted by Crippen LogP contribution is 2.48. The highest BCUT2D eigenvalue weighted by molar-refractivity contribution is 6.30. The molecule has 2 aromatic carbocycles. The van der Waals surface area contributed by atoms with Crippen LogP contribution < -0.4 is 11.1 Å². The number of nitrogens with zero attached hydrogens (tertiary/aromatic N) is 2. The molecule has 6 rings (SSSR count). The lowest BCUT2D eigenvalue weighted by Gasteiger charge is -2.51. The van der Waals surface area contributed by atoms with Crippen LogP contribution >= 0.6 is 11.6 Å². The van der Waals surface area contributed by atoms with Crippen molar-refractivity contribution in [2.45, 2.75) is 95.7 Å². The first-order valence-electron chi connectivity index (χ1n) is 17.2. The fraction of sp³-hybridized carbons (Fsp3) is 0.595. The maximum Gasteiger partial charge on any atom is 0.410 e. The van der Waals surface area contributed by atoms with Crippen molar-refractivity contribution in [3.05, 3.63) is 70.2 Å². The zero-order valence-electron chi connectivity index (χ0n) is 27.3. The number of nitrogens with one attached hydrogen (secondary N) is 1. The van der Waals surface area contributed by atoms with E-state index in [1.807, 2.05) is 52.3 Å². The van der Waals surface area contributed by atoms with E-state index in [4.69, 9.17) is 22.1 Å². The molecule has 2 heterocycles. The minimum absolute atomic E-state index is 0.0605. The highest BCUT2D eigenvalue weighted by Gasteiger charge is 2.49. The van der Waals surface area contributed by atoms with Gasteiger partial charge in [-0.25, -0.2) is 4.79 Å². The number of rotatable bonds is 8. The lowest BCUT2D eigenvalue weighted by molar-refractivity contribution is -0.140. The molecule has 0 aromatic heterocycles. The van der Waals surface area contributed by atoms with E-state index < -0.39 is 18.0 Å². The molecule has 248 valence electrons. The lowest BCUT2D eigenvalue weighted by atomic mass is 9.63. The SMILES string of the molecule is CC1(C)COC(=O)N1CC1(C2CCCCC2)CCN(C(=O)[C@@H](Cc2ccc(Cl)cc2)NC(=O)[C@H]2CCc3ccccc3[C@H]2N)CC1. The van der Waals surface area contributed by atoms with Crippen LogP contribution in [-0.4, -0.2) is 65.5 Å². The van der Waals surface area contributed by atoms with Gasteiger partial charge in [0, 0.05) is 37.1 Å². The Morgan fingerprint density at radius 3 is 2.39 bits per heavy atom. The van der Waals surface area contributed by atoms with Crippen LogP contribution in [0.3, 0.4) is 0 Å². The van der Waals surface area contributed by atoms with Gasteiger partial charge < -0.3 is 20.7 Å². The van der Waals surface area contributed by atoms with E-state index in [1.54, 1.807) is 0 Å². The lowest BCUT2D eigenvalue weighted by Crippen LogP contribution is -2.58. The van der Waals surface area contributed by atoms with Gasteiger partial charge in [0.1, 0.15) is 12.6 Å². The Kier molecular flexibility index (Phi) is 9.68. The number of carbonyl (C=O) groups excluding carboxylic acids is 3. The van der Waals surface area contributed by atoms with E-state index >= 15 is 0 Å². The average Bonchev–Trinajstić information content (AvgIpc) is 3.32. The van der Waals surface area contributed by atoms with Crippen molar-refractivity contribution in [3.8, 4) is 0 Å². The van der Waals surface area contributed by atoms with Crippen molar-refractivity contribution < 1.29 is 19.1 Å². The number of hydrogen-bond donors (Lipinski definition) is 2. The quantitative estimate of drug-likeness (QED) is 0.363. The molecule has 3 N–H and O–H groups in total. The standard InChI is InChI=1S/C37H49ClN4O4/c1-36(2)24-46-35(45)42(36)23-37(27-9-4-3-5-10-27)18-20-41(21-19-37)34(44)31(22-25-12-15-28(38)16-13-25)40-33(43)30-17-14-26-8-6-7-11-29(26)32(30)39/h6-8,11-13,15-16,27,30-32H,3-5,9-10,14,17-24,39H2,1-2H3,(H,40,43)/t30-,31+,32+/m0/s1. The number of fused-ring (bicyclic) bond motifs is 1. The van der Waals surface area contributed by atoms with Gasteiger partial charge in [-0.3, -0.25) is 14.5 Å². The average molecular weight is 649 g/mol. The minimum Gasteiger partial charge on any atom is -0.447 e. The van der Waals surface area contributed by atoms with Crippen molar-refractivity contribution in [1.29, 1.82) is 0 Å². The Balaban J connectivity index is 1.19. The number of benzene rings is 2. The van der Waals surface area contributed by atoms with Crippen LogP contribution in [0, 0.1) is 17.3 Å². The molecule has 0 spiro atoms. The number of ether oxygens (including phenoxy) is 1. The molecule has 0 unspecified atom stereocenters. The maximum atomic E-state index is 14.3. The van der Waals surface area contributed by atoms with Gasteiger partial charge in [-0.1, -0.05) is 67.3 Å². The summed E-state index contributed by atoms with van der Waals surface area (Å²) in [5.41, 5.74) is 9.37. The summed E-state index contributed by atoms with van der Waals surface area (Å²) in [6.07, 6.45) is 9.25. The Morgan fingerprint density at radius 1 is 1.02 bits per heavy atom. The molecule has 3 fully saturated rings. The van der Waals surface area contributed by atoms with Gasteiger partial charge in [0.15, 0.2) is 0 Å². The molecule has 0 radical (unpaired) electrons. The Hall–Kier alpha value is -3.10. The van der Waals surface area contributed by atoms with Crippen molar-refractivity contribution in [3.63, 3.8) is 0 Å². The molecule has 2 aliphatic heterocycles. The summed E-state index contributed by atoms with van der Waals surface area (Å²) in [7, 11) is 0. The molecule has 4 aliphatic rings. The van der Waals surface area contributed by atoms with Crippen LogP contribution in [0.15, 0.2) is 48.5 Å². The fourth-order valence-corrected chi connectivity index (χ4v) is 8.59. The van der Waals surface area contributed by atoms with Crippen molar-refractivity contribution in [2.24, 2.45) is 23.0 Å². The van der Waals surface area contributed by atoms with E-state index in [0.717, 1.165) is 43.2 Å². The summed E-state index contributed by atoms with van der Waals surface area (Å²) >= 11 is 6.16. The molecular weight excluding hydrogens is 600 g/mol. The molecular formula is C37H49ClN4O4. The molecule has 9 heteroatoms. The minimum atomic E-state index is -0.715. The Morgan fingerprint density at radius 2 is 1.72 bits per heavy atom. The Bertz CT molecular complexity index is 1410. The number of halogens is 1. The zero-order chi connectivity index (χ0) is 32.5. The molecule has 0 bridgehead atoms. The first-order valence-corrected chi connectivity index (χ1v) is 17.6. The summed E-state index contributed by atoms with van der Waals surface area (Å²) in [6, 6.07) is 14.4. The van der Waals surface area contributed by atoms with E-state index in [9.17, 15) is 14.4 Å². The fourth-order valence-electron chi connectivity index (χ4n) is 8.46. The van der Waals surface area contributed by atoms with Crippen LogP contribution in [0.2, 0.25) is 5.02 Å². The number of piperidine rings is 1. The second kappa shape index (κ2) is 13.6. The summed E-state index contributed by atoms with van der Waals surface area (Å²) < 4.78 is 5.49.